The van der Waals surface area contributed by atoms with Crippen LogP contribution in [0, 0.1) is 5.92 Å². The predicted octanol–water partition coefficient (Wildman–Crippen LogP) is 3.57. The molecule has 0 aliphatic carbocycles. The van der Waals surface area contributed by atoms with Gasteiger partial charge in [0.15, 0.2) is 0 Å². The van der Waals surface area contributed by atoms with Crippen LogP contribution in [0.1, 0.15) is 20.3 Å². The van der Waals surface area contributed by atoms with Gasteiger partial charge in [-0.2, -0.15) is 0 Å². The van der Waals surface area contributed by atoms with Crippen molar-refractivity contribution in [3.63, 3.8) is 0 Å². The van der Waals surface area contributed by atoms with Crippen molar-refractivity contribution in [3.8, 4) is 0 Å². The molecule has 0 fully saturated rings. The molecule has 2 nitrogen and oxygen atoms in total. The summed E-state index contributed by atoms with van der Waals surface area (Å²) in [6.07, 6.45) is 3.09. The van der Waals surface area contributed by atoms with Crippen molar-refractivity contribution in [1.29, 1.82) is 0 Å². The molecule has 0 amide bonds. The molecule has 0 unspecified atom stereocenters. The zero-order chi connectivity index (χ0) is 11.8. The maximum atomic E-state index is 4.31. The molecule has 4 heteroatoms. The molecule has 1 rings (SSSR count). The van der Waals surface area contributed by atoms with Crippen LogP contribution in [0.3, 0.4) is 0 Å². The van der Waals surface area contributed by atoms with Crippen LogP contribution in [-0.2, 0) is 0 Å². The first-order valence-electron chi connectivity index (χ1n) is 5.63. The van der Waals surface area contributed by atoms with Crippen molar-refractivity contribution in [1.82, 2.24) is 10.3 Å². The molecule has 1 aromatic heterocycles. The molecule has 1 N–H and O–H groups in total. The Bertz CT molecular complexity index is 288. The zero-order valence-corrected chi connectivity index (χ0v) is 12.3. The predicted molar refractivity (Wildman–Crippen MR) is 75.0 cm³/mol. The maximum absolute atomic E-state index is 4.31. The van der Waals surface area contributed by atoms with Gasteiger partial charge in [0.1, 0.15) is 0 Å². The number of nitrogens with one attached hydrogen (secondary N) is 1. The van der Waals surface area contributed by atoms with Gasteiger partial charge in [0.05, 0.1) is 5.03 Å². The number of hydrogen-bond acceptors (Lipinski definition) is 3. The average molecular weight is 303 g/mol. The quantitative estimate of drug-likeness (QED) is 0.616. The van der Waals surface area contributed by atoms with Crippen LogP contribution in [0.5, 0.6) is 0 Å². The van der Waals surface area contributed by atoms with Crippen LogP contribution in [0.4, 0.5) is 0 Å². The van der Waals surface area contributed by atoms with Crippen LogP contribution in [0.2, 0.25) is 0 Å². The van der Waals surface area contributed by atoms with Gasteiger partial charge in [-0.05, 0) is 46.9 Å². The fraction of sp³-hybridized carbons (Fsp3) is 0.583. The van der Waals surface area contributed by atoms with Gasteiger partial charge in [-0.3, -0.25) is 0 Å². The van der Waals surface area contributed by atoms with E-state index in [9.17, 15) is 0 Å². The van der Waals surface area contributed by atoms with Gasteiger partial charge in [0.2, 0.25) is 0 Å². The lowest BCUT2D eigenvalue weighted by Crippen LogP contribution is -2.19. The van der Waals surface area contributed by atoms with E-state index < -0.39 is 0 Å². The van der Waals surface area contributed by atoms with Crippen molar-refractivity contribution in [2.24, 2.45) is 5.92 Å². The van der Waals surface area contributed by atoms with Crippen LogP contribution >= 0.6 is 27.7 Å². The Balaban J connectivity index is 2.05. The van der Waals surface area contributed by atoms with E-state index in [0.29, 0.717) is 0 Å². The summed E-state index contributed by atoms with van der Waals surface area (Å²) >= 11 is 5.17. The summed E-state index contributed by atoms with van der Waals surface area (Å²) in [6, 6.07) is 4.07. The average Bonchev–Trinajstić information content (AvgIpc) is 2.25. The van der Waals surface area contributed by atoms with Gasteiger partial charge in [-0.1, -0.05) is 13.8 Å². The summed E-state index contributed by atoms with van der Waals surface area (Å²) < 4.78 is 1.03. The van der Waals surface area contributed by atoms with Crippen molar-refractivity contribution in [2.45, 2.75) is 25.3 Å². The highest BCUT2D eigenvalue weighted by Gasteiger charge is 1.96. The summed E-state index contributed by atoms with van der Waals surface area (Å²) in [7, 11) is 0. The van der Waals surface area contributed by atoms with Gasteiger partial charge in [0, 0.05) is 23.0 Å². The van der Waals surface area contributed by atoms with Crippen molar-refractivity contribution in [2.75, 3.05) is 18.8 Å². The monoisotopic (exact) mass is 302 g/mol. The Morgan fingerprint density at radius 2 is 2.19 bits per heavy atom. The smallest absolute Gasteiger partial charge is 0.0961 e. The zero-order valence-electron chi connectivity index (χ0n) is 9.87. The molecule has 0 atom stereocenters. The van der Waals surface area contributed by atoms with Crippen molar-refractivity contribution < 1.29 is 0 Å². The van der Waals surface area contributed by atoms with Gasteiger partial charge < -0.3 is 5.32 Å². The van der Waals surface area contributed by atoms with E-state index in [0.717, 1.165) is 34.3 Å². The molecule has 1 aromatic rings. The minimum absolute atomic E-state index is 0.785. The molecular formula is C12H19BrN2S. The number of hydrogen-bond donors (Lipinski definition) is 1. The first-order chi connectivity index (χ1) is 7.68. The molecule has 0 bridgehead atoms. The minimum Gasteiger partial charge on any atom is -0.316 e. The Morgan fingerprint density at radius 1 is 1.38 bits per heavy atom. The molecule has 0 radical (unpaired) electrons. The van der Waals surface area contributed by atoms with Crippen LogP contribution in [0.15, 0.2) is 27.8 Å². The molecular weight excluding hydrogens is 284 g/mol. The fourth-order valence-corrected chi connectivity index (χ4v) is 2.17. The maximum Gasteiger partial charge on any atom is 0.0961 e. The lowest BCUT2D eigenvalue weighted by molar-refractivity contribution is 0.547. The number of rotatable bonds is 7. The van der Waals surface area contributed by atoms with E-state index in [1.54, 1.807) is 11.8 Å². The Hall–Kier alpha value is -0.0600. The summed E-state index contributed by atoms with van der Waals surface area (Å²) in [4.78, 5) is 4.31. The minimum atomic E-state index is 0.785. The van der Waals surface area contributed by atoms with Crippen LogP contribution in [-0.4, -0.2) is 23.8 Å². The third kappa shape index (κ3) is 6.51. The number of nitrogens with zero attached hydrogens (tertiary/aromatic N) is 1. The molecule has 0 saturated heterocycles. The molecule has 0 spiro atoms. The highest BCUT2D eigenvalue weighted by Crippen LogP contribution is 2.16. The lowest BCUT2D eigenvalue weighted by atomic mass is 10.1. The molecule has 0 aromatic carbocycles. The fourth-order valence-electron chi connectivity index (χ4n) is 1.19. The van der Waals surface area contributed by atoms with E-state index in [1.807, 2.05) is 18.3 Å². The molecule has 16 heavy (non-hydrogen) atoms. The Kier molecular flexibility index (Phi) is 7.08. The highest BCUT2D eigenvalue weighted by molar-refractivity contribution is 9.10. The van der Waals surface area contributed by atoms with Crippen LogP contribution in [0.25, 0.3) is 0 Å². The second kappa shape index (κ2) is 8.09. The number of aromatic nitrogens is 1. The van der Waals surface area contributed by atoms with E-state index in [-0.39, 0.29) is 0 Å². The summed E-state index contributed by atoms with van der Waals surface area (Å²) in [5.74, 6) is 1.86. The van der Waals surface area contributed by atoms with Crippen LogP contribution < -0.4 is 5.32 Å². The van der Waals surface area contributed by atoms with Crippen molar-refractivity contribution >= 4 is 27.7 Å². The van der Waals surface area contributed by atoms with Gasteiger partial charge in [-0.25, -0.2) is 4.98 Å². The topological polar surface area (TPSA) is 24.9 Å². The van der Waals surface area contributed by atoms with E-state index in [4.69, 9.17) is 0 Å². The van der Waals surface area contributed by atoms with Gasteiger partial charge in [0.25, 0.3) is 0 Å². The third-order valence-electron chi connectivity index (χ3n) is 2.13. The van der Waals surface area contributed by atoms with Gasteiger partial charge >= 0.3 is 0 Å². The Morgan fingerprint density at radius 3 is 2.81 bits per heavy atom. The standard InChI is InChI=1S/C12H19BrN2S/c1-10(2)5-6-14-7-8-16-12-4-3-11(13)9-15-12/h3-4,9-10,14H,5-8H2,1-2H3. The normalized spacial score (nSPS) is 11.0. The summed E-state index contributed by atoms with van der Waals surface area (Å²) in [5.41, 5.74) is 0. The molecule has 0 saturated carbocycles. The second-order valence-electron chi connectivity index (χ2n) is 4.10. The van der Waals surface area contributed by atoms with E-state index in [2.05, 4.69) is 40.1 Å². The third-order valence-corrected chi connectivity index (χ3v) is 3.54. The number of thioether (sulfide) groups is 1. The molecule has 0 aliphatic rings. The van der Waals surface area contributed by atoms with Crippen molar-refractivity contribution in [3.05, 3.63) is 22.8 Å². The summed E-state index contributed by atoms with van der Waals surface area (Å²) in [6.45, 7) is 6.67. The SMILES string of the molecule is CC(C)CCNCCSc1ccc(Br)cn1. The number of pyridine rings is 1. The van der Waals surface area contributed by atoms with E-state index >= 15 is 0 Å². The van der Waals surface area contributed by atoms with Gasteiger partial charge in [-0.15, -0.1) is 11.8 Å². The molecule has 1 heterocycles. The first kappa shape index (κ1) is 14.0. The second-order valence-corrected chi connectivity index (χ2v) is 6.13. The molecule has 90 valence electrons. The Labute approximate surface area is 111 Å². The van der Waals surface area contributed by atoms with E-state index in [1.165, 1.54) is 6.42 Å². The lowest BCUT2D eigenvalue weighted by Gasteiger charge is -2.06. The largest absolute Gasteiger partial charge is 0.316 e. The summed E-state index contributed by atoms with van der Waals surface area (Å²) in [5, 5.41) is 4.53. The number of halogens is 1. The molecule has 0 aliphatic heterocycles. The first-order valence-corrected chi connectivity index (χ1v) is 7.41. The highest BCUT2D eigenvalue weighted by atomic mass is 79.9.